The van der Waals surface area contributed by atoms with E-state index in [1.165, 1.54) is 11.1 Å². The third-order valence-electron chi connectivity index (χ3n) is 5.64. The first-order valence-electron chi connectivity index (χ1n) is 10.8. The van der Waals surface area contributed by atoms with Crippen molar-refractivity contribution in [3.8, 4) is 0 Å². The van der Waals surface area contributed by atoms with E-state index in [0.717, 1.165) is 50.1 Å². The quantitative estimate of drug-likeness (QED) is 0.245. The molecule has 3 rings (SSSR count). The fourth-order valence-electron chi connectivity index (χ4n) is 3.71. The summed E-state index contributed by atoms with van der Waals surface area (Å²) in [6, 6.07) is 11.0. The molecule has 1 atom stereocenters. The number of guanidine groups is 1. The van der Waals surface area contributed by atoms with E-state index in [-0.39, 0.29) is 30.0 Å². The minimum Gasteiger partial charge on any atom is -0.354 e. The van der Waals surface area contributed by atoms with E-state index in [2.05, 4.69) is 70.4 Å². The first-order valence-corrected chi connectivity index (χ1v) is 10.8. The van der Waals surface area contributed by atoms with Crippen LogP contribution in [0.4, 0.5) is 0 Å². The summed E-state index contributed by atoms with van der Waals surface area (Å²) in [7, 11) is 1.98. The molecule has 0 aliphatic carbocycles. The van der Waals surface area contributed by atoms with Crippen molar-refractivity contribution in [2.45, 2.75) is 52.2 Å². The molecule has 0 bridgehead atoms. The number of hydrogen-bond donors (Lipinski definition) is 2. The predicted octanol–water partition coefficient (Wildman–Crippen LogP) is 3.58. The molecule has 2 aromatic rings. The molecule has 2 N–H and O–H groups in total. The summed E-state index contributed by atoms with van der Waals surface area (Å²) in [5.74, 6) is 2.58. The average Bonchev–Trinajstić information content (AvgIpc) is 3.05. The summed E-state index contributed by atoms with van der Waals surface area (Å²) in [6.45, 7) is 13.9. The maximum Gasteiger partial charge on any atom is 0.192 e. The molecule has 0 spiro atoms. The van der Waals surface area contributed by atoms with Crippen LogP contribution in [0.15, 0.2) is 47.5 Å². The SMILES string of the molecule is C=C(C)CN1CCC(NC(=NCc2nnc(C)n2C)NC(C)c2ccccc2)CC1.I. The van der Waals surface area contributed by atoms with Crippen LogP contribution in [-0.4, -0.2) is 51.3 Å². The van der Waals surface area contributed by atoms with Crippen LogP contribution in [0.1, 0.15) is 49.9 Å². The van der Waals surface area contributed by atoms with Gasteiger partial charge in [-0.1, -0.05) is 42.5 Å². The summed E-state index contributed by atoms with van der Waals surface area (Å²) >= 11 is 0. The molecule has 0 amide bonds. The number of nitrogens with one attached hydrogen (secondary N) is 2. The number of piperidine rings is 1. The molecular weight excluding hydrogens is 501 g/mol. The van der Waals surface area contributed by atoms with Gasteiger partial charge in [-0.15, -0.1) is 34.2 Å². The lowest BCUT2D eigenvalue weighted by Crippen LogP contribution is -2.49. The molecule has 7 nitrogen and oxygen atoms in total. The molecule has 8 heteroatoms. The molecule has 1 aliphatic rings. The highest BCUT2D eigenvalue weighted by molar-refractivity contribution is 14.0. The van der Waals surface area contributed by atoms with Gasteiger partial charge in [0.25, 0.3) is 0 Å². The first-order chi connectivity index (χ1) is 14.4. The molecule has 0 saturated carbocycles. The van der Waals surface area contributed by atoms with Gasteiger partial charge in [0, 0.05) is 32.7 Å². The smallest absolute Gasteiger partial charge is 0.192 e. The average molecular weight is 537 g/mol. The normalized spacial score (nSPS) is 16.5. The summed E-state index contributed by atoms with van der Waals surface area (Å²) < 4.78 is 1.98. The van der Waals surface area contributed by atoms with Crippen molar-refractivity contribution in [1.29, 1.82) is 0 Å². The summed E-state index contributed by atoms with van der Waals surface area (Å²) in [6.07, 6.45) is 2.19. The predicted molar refractivity (Wildman–Crippen MR) is 138 cm³/mol. The minimum absolute atomic E-state index is 0. The lowest BCUT2D eigenvalue weighted by molar-refractivity contribution is 0.221. The third kappa shape index (κ3) is 7.60. The summed E-state index contributed by atoms with van der Waals surface area (Å²) in [5, 5.41) is 15.6. The van der Waals surface area contributed by atoms with Crippen molar-refractivity contribution in [2.75, 3.05) is 19.6 Å². The van der Waals surface area contributed by atoms with E-state index in [9.17, 15) is 0 Å². The van der Waals surface area contributed by atoms with Gasteiger partial charge in [0.15, 0.2) is 11.8 Å². The lowest BCUT2D eigenvalue weighted by Gasteiger charge is -2.33. The zero-order valence-corrected chi connectivity index (χ0v) is 21.5. The minimum atomic E-state index is 0. The standard InChI is InChI=1S/C23H35N7.HI/c1-17(2)16-30-13-11-21(12-14-30)26-23(24-15-22-28-27-19(4)29(22)5)25-18(3)20-9-7-6-8-10-20;/h6-10,18,21H,1,11-16H2,2-5H3,(H2,24,25,26);1H. The lowest BCUT2D eigenvalue weighted by atomic mass is 10.0. The van der Waals surface area contributed by atoms with Crippen molar-refractivity contribution in [3.05, 3.63) is 59.7 Å². The maximum absolute atomic E-state index is 4.84. The van der Waals surface area contributed by atoms with Crippen LogP contribution in [-0.2, 0) is 13.6 Å². The maximum atomic E-state index is 4.84. The van der Waals surface area contributed by atoms with Gasteiger partial charge in [-0.2, -0.15) is 0 Å². The Morgan fingerprint density at radius 3 is 2.48 bits per heavy atom. The van der Waals surface area contributed by atoms with E-state index in [1.807, 2.05) is 24.6 Å². The van der Waals surface area contributed by atoms with Gasteiger partial charge in [0.05, 0.1) is 6.04 Å². The van der Waals surface area contributed by atoms with Crippen LogP contribution in [0.25, 0.3) is 0 Å². The Bertz CT molecular complexity index is 854. The summed E-state index contributed by atoms with van der Waals surface area (Å²) in [4.78, 5) is 7.31. The number of nitrogens with zero attached hydrogens (tertiary/aromatic N) is 5. The van der Waals surface area contributed by atoms with Crippen LogP contribution >= 0.6 is 24.0 Å². The van der Waals surface area contributed by atoms with Crippen molar-refractivity contribution >= 4 is 29.9 Å². The number of halogens is 1. The Morgan fingerprint density at radius 2 is 1.90 bits per heavy atom. The Balaban J connectivity index is 0.00000341. The topological polar surface area (TPSA) is 70.4 Å². The number of aryl methyl sites for hydroxylation is 1. The van der Waals surface area contributed by atoms with Crippen LogP contribution in [0.3, 0.4) is 0 Å². The highest BCUT2D eigenvalue weighted by Crippen LogP contribution is 2.14. The monoisotopic (exact) mass is 537 g/mol. The van der Waals surface area contributed by atoms with Crippen molar-refractivity contribution in [2.24, 2.45) is 12.0 Å². The van der Waals surface area contributed by atoms with E-state index >= 15 is 0 Å². The zero-order valence-electron chi connectivity index (χ0n) is 19.1. The number of aliphatic imine (C=N–C) groups is 1. The van der Waals surface area contributed by atoms with Gasteiger partial charge in [0.1, 0.15) is 12.4 Å². The van der Waals surface area contributed by atoms with Crippen molar-refractivity contribution in [3.63, 3.8) is 0 Å². The molecular formula is C23H36IN7. The number of likely N-dealkylation sites (tertiary alicyclic amines) is 1. The molecule has 1 aromatic carbocycles. The Morgan fingerprint density at radius 1 is 1.23 bits per heavy atom. The molecule has 1 saturated heterocycles. The number of rotatable bonds is 7. The van der Waals surface area contributed by atoms with Gasteiger partial charge in [0.2, 0.25) is 0 Å². The van der Waals surface area contributed by atoms with Crippen LogP contribution in [0.2, 0.25) is 0 Å². The van der Waals surface area contributed by atoms with E-state index < -0.39 is 0 Å². The van der Waals surface area contributed by atoms with E-state index in [1.54, 1.807) is 0 Å². The van der Waals surface area contributed by atoms with Gasteiger partial charge in [-0.3, -0.25) is 4.90 Å². The molecule has 1 unspecified atom stereocenters. The highest BCUT2D eigenvalue weighted by atomic mass is 127. The number of hydrogen-bond acceptors (Lipinski definition) is 4. The fourth-order valence-corrected chi connectivity index (χ4v) is 3.71. The van der Waals surface area contributed by atoms with Gasteiger partial charge >= 0.3 is 0 Å². The molecule has 170 valence electrons. The van der Waals surface area contributed by atoms with Crippen LogP contribution in [0, 0.1) is 6.92 Å². The Hall–Kier alpha value is -1.94. The largest absolute Gasteiger partial charge is 0.354 e. The molecule has 0 radical (unpaired) electrons. The number of benzene rings is 1. The zero-order chi connectivity index (χ0) is 21.5. The second-order valence-corrected chi connectivity index (χ2v) is 8.32. The first kappa shape index (κ1) is 25.3. The fraction of sp³-hybridized carbons (Fsp3) is 0.522. The molecule has 1 fully saturated rings. The Labute approximate surface area is 203 Å². The van der Waals surface area contributed by atoms with Gasteiger partial charge in [-0.25, -0.2) is 4.99 Å². The summed E-state index contributed by atoms with van der Waals surface area (Å²) in [5.41, 5.74) is 2.46. The second-order valence-electron chi connectivity index (χ2n) is 8.32. The Kier molecular flexibility index (Phi) is 9.95. The van der Waals surface area contributed by atoms with Gasteiger partial charge in [-0.05, 0) is 39.2 Å². The molecule has 1 aromatic heterocycles. The van der Waals surface area contributed by atoms with Crippen molar-refractivity contribution < 1.29 is 0 Å². The van der Waals surface area contributed by atoms with E-state index in [0.29, 0.717) is 12.6 Å². The van der Waals surface area contributed by atoms with Crippen LogP contribution < -0.4 is 10.6 Å². The highest BCUT2D eigenvalue weighted by Gasteiger charge is 2.21. The van der Waals surface area contributed by atoms with Crippen LogP contribution in [0.5, 0.6) is 0 Å². The van der Waals surface area contributed by atoms with Crippen molar-refractivity contribution in [1.82, 2.24) is 30.3 Å². The number of aromatic nitrogens is 3. The van der Waals surface area contributed by atoms with Gasteiger partial charge < -0.3 is 15.2 Å². The molecule has 31 heavy (non-hydrogen) atoms. The van der Waals surface area contributed by atoms with E-state index in [4.69, 9.17) is 4.99 Å². The second kappa shape index (κ2) is 12.2. The molecule has 2 heterocycles. The third-order valence-corrected chi connectivity index (χ3v) is 5.64. The molecule has 1 aliphatic heterocycles.